The third kappa shape index (κ3) is 2.26. The number of rotatable bonds is 2. The Hall–Kier alpha value is -1.31. The molecule has 80 valence electrons. The van der Waals surface area contributed by atoms with E-state index in [1.54, 1.807) is 30.3 Å². The fourth-order valence-corrected chi connectivity index (χ4v) is 1.86. The summed E-state index contributed by atoms with van der Waals surface area (Å²) in [7, 11) is 0. The maximum atomic E-state index is 10.5. The van der Waals surface area contributed by atoms with Crippen LogP contribution in [0.15, 0.2) is 42.5 Å². The molecule has 2 aromatic rings. The van der Waals surface area contributed by atoms with Gasteiger partial charge in [-0.3, -0.25) is 4.79 Å². The van der Waals surface area contributed by atoms with Crippen molar-refractivity contribution in [2.45, 2.75) is 0 Å². The van der Waals surface area contributed by atoms with Gasteiger partial charge in [0.2, 0.25) is 0 Å². The topological polar surface area (TPSA) is 17.1 Å². The second-order valence-corrected chi connectivity index (χ2v) is 4.21. The molecule has 0 spiro atoms. The number of carbonyl (C=O) groups excluding carboxylic acids is 1. The summed E-state index contributed by atoms with van der Waals surface area (Å²) in [6.07, 6.45) is 0.809. The highest BCUT2D eigenvalue weighted by Gasteiger charge is 2.04. The van der Waals surface area contributed by atoms with E-state index in [1.165, 1.54) is 0 Å². The van der Waals surface area contributed by atoms with E-state index >= 15 is 0 Å². The smallest absolute Gasteiger partial charge is 0.150 e. The van der Waals surface area contributed by atoms with Crippen LogP contribution >= 0.6 is 23.2 Å². The van der Waals surface area contributed by atoms with Crippen molar-refractivity contribution in [2.24, 2.45) is 0 Å². The van der Waals surface area contributed by atoms with Crippen molar-refractivity contribution in [1.29, 1.82) is 0 Å². The number of aldehydes is 1. The van der Waals surface area contributed by atoms with E-state index in [2.05, 4.69) is 0 Å². The zero-order valence-electron chi connectivity index (χ0n) is 8.28. The third-order valence-electron chi connectivity index (χ3n) is 2.29. The quantitative estimate of drug-likeness (QED) is 0.719. The number of benzene rings is 2. The average molecular weight is 251 g/mol. The molecule has 0 atom stereocenters. The molecule has 2 aromatic carbocycles. The third-order valence-corrected chi connectivity index (χ3v) is 2.85. The lowest BCUT2D eigenvalue weighted by Gasteiger charge is -2.05. The molecular formula is C13H8Cl2O. The van der Waals surface area contributed by atoms with Gasteiger partial charge in [-0.15, -0.1) is 0 Å². The lowest BCUT2D eigenvalue weighted by Crippen LogP contribution is -1.82. The number of hydrogen-bond acceptors (Lipinski definition) is 1. The Balaban J connectivity index is 2.49. The molecule has 0 N–H and O–H groups in total. The highest BCUT2D eigenvalue weighted by molar-refractivity contribution is 6.35. The molecule has 2 rings (SSSR count). The normalized spacial score (nSPS) is 10.1. The largest absolute Gasteiger partial charge is 0.298 e. The van der Waals surface area contributed by atoms with E-state index in [4.69, 9.17) is 23.2 Å². The van der Waals surface area contributed by atoms with Gasteiger partial charge in [0.05, 0.1) is 0 Å². The van der Waals surface area contributed by atoms with Crippen molar-refractivity contribution in [3.63, 3.8) is 0 Å². The first-order valence-electron chi connectivity index (χ1n) is 4.71. The minimum atomic E-state index is 0.638. The summed E-state index contributed by atoms with van der Waals surface area (Å²) in [6.45, 7) is 0. The van der Waals surface area contributed by atoms with E-state index in [9.17, 15) is 4.79 Å². The standard InChI is InChI=1S/C13H8Cl2O/c14-11-5-6-13(15)12(7-11)10-3-1-9(8-16)2-4-10/h1-8H. The van der Waals surface area contributed by atoms with Gasteiger partial charge < -0.3 is 0 Å². The first kappa shape index (κ1) is 11.2. The van der Waals surface area contributed by atoms with Crippen molar-refractivity contribution in [2.75, 3.05) is 0 Å². The van der Waals surface area contributed by atoms with Gasteiger partial charge in [0.25, 0.3) is 0 Å². The molecule has 0 aromatic heterocycles. The summed E-state index contributed by atoms with van der Waals surface area (Å²) in [6, 6.07) is 12.5. The Morgan fingerprint density at radius 3 is 2.25 bits per heavy atom. The maximum absolute atomic E-state index is 10.5. The Morgan fingerprint density at radius 1 is 0.938 bits per heavy atom. The molecule has 1 nitrogen and oxygen atoms in total. The second-order valence-electron chi connectivity index (χ2n) is 3.36. The van der Waals surface area contributed by atoms with Crippen LogP contribution in [-0.4, -0.2) is 6.29 Å². The molecule has 16 heavy (non-hydrogen) atoms. The Labute approximate surface area is 104 Å². The van der Waals surface area contributed by atoms with Crippen LogP contribution in [0.4, 0.5) is 0 Å². The molecule has 0 aliphatic heterocycles. The average Bonchev–Trinajstić information content (AvgIpc) is 2.32. The highest BCUT2D eigenvalue weighted by atomic mass is 35.5. The molecule has 0 saturated heterocycles. The molecule has 0 saturated carbocycles. The fraction of sp³-hybridized carbons (Fsp3) is 0. The second kappa shape index (κ2) is 4.69. The molecule has 3 heteroatoms. The van der Waals surface area contributed by atoms with Crippen molar-refractivity contribution in [1.82, 2.24) is 0 Å². The molecule has 0 aliphatic carbocycles. The van der Waals surface area contributed by atoms with Gasteiger partial charge in [0.1, 0.15) is 6.29 Å². The molecule has 0 aliphatic rings. The number of halogens is 2. The lowest BCUT2D eigenvalue weighted by molar-refractivity contribution is 0.112. The van der Waals surface area contributed by atoms with Crippen LogP contribution in [-0.2, 0) is 0 Å². The minimum Gasteiger partial charge on any atom is -0.298 e. The van der Waals surface area contributed by atoms with Gasteiger partial charge in [0.15, 0.2) is 0 Å². The van der Waals surface area contributed by atoms with Gasteiger partial charge in [-0.1, -0.05) is 47.5 Å². The number of carbonyl (C=O) groups is 1. The van der Waals surface area contributed by atoms with Crippen LogP contribution in [0.25, 0.3) is 11.1 Å². The molecular weight excluding hydrogens is 243 g/mol. The van der Waals surface area contributed by atoms with Gasteiger partial charge in [-0.2, -0.15) is 0 Å². The van der Waals surface area contributed by atoms with Crippen molar-refractivity contribution >= 4 is 29.5 Å². The highest BCUT2D eigenvalue weighted by Crippen LogP contribution is 2.30. The van der Waals surface area contributed by atoms with E-state index in [0.29, 0.717) is 15.6 Å². The molecule has 0 heterocycles. The first-order valence-corrected chi connectivity index (χ1v) is 5.47. The first-order chi connectivity index (χ1) is 7.70. The lowest BCUT2D eigenvalue weighted by atomic mass is 10.0. The van der Waals surface area contributed by atoms with Crippen LogP contribution in [0.2, 0.25) is 10.0 Å². The Morgan fingerprint density at radius 2 is 1.62 bits per heavy atom. The monoisotopic (exact) mass is 250 g/mol. The van der Waals surface area contributed by atoms with Crippen molar-refractivity contribution in [3.05, 3.63) is 58.1 Å². The van der Waals surface area contributed by atoms with Crippen LogP contribution in [0.1, 0.15) is 10.4 Å². The van der Waals surface area contributed by atoms with Crippen LogP contribution in [0.3, 0.4) is 0 Å². The van der Waals surface area contributed by atoms with Crippen LogP contribution in [0.5, 0.6) is 0 Å². The van der Waals surface area contributed by atoms with E-state index in [0.717, 1.165) is 17.4 Å². The summed E-state index contributed by atoms with van der Waals surface area (Å²) in [5.41, 5.74) is 2.45. The zero-order chi connectivity index (χ0) is 11.5. The molecule has 0 bridgehead atoms. The number of hydrogen-bond donors (Lipinski definition) is 0. The summed E-state index contributed by atoms with van der Waals surface area (Å²) in [5, 5.41) is 1.28. The minimum absolute atomic E-state index is 0.638. The van der Waals surface area contributed by atoms with Gasteiger partial charge in [0, 0.05) is 21.2 Å². The maximum Gasteiger partial charge on any atom is 0.150 e. The van der Waals surface area contributed by atoms with E-state index in [1.807, 2.05) is 12.1 Å². The van der Waals surface area contributed by atoms with Gasteiger partial charge >= 0.3 is 0 Å². The molecule has 0 radical (unpaired) electrons. The van der Waals surface area contributed by atoms with Crippen molar-refractivity contribution < 1.29 is 4.79 Å². The summed E-state index contributed by atoms with van der Waals surface area (Å²) in [4.78, 5) is 10.5. The molecule has 0 fully saturated rings. The van der Waals surface area contributed by atoms with Crippen LogP contribution in [0, 0.1) is 0 Å². The Kier molecular flexibility index (Phi) is 3.28. The van der Waals surface area contributed by atoms with Crippen molar-refractivity contribution in [3.8, 4) is 11.1 Å². The van der Waals surface area contributed by atoms with Gasteiger partial charge in [-0.05, 0) is 23.8 Å². The van der Waals surface area contributed by atoms with Gasteiger partial charge in [-0.25, -0.2) is 0 Å². The summed E-state index contributed by atoms with van der Waals surface area (Å²) in [5.74, 6) is 0. The fourth-order valence-electron chi connectivity index (χ4n) is 1.46. The summed E-state index contributed by atoms with van der Waals surface area (Å²) >= 11 is 12.0. The predicted molar refractivity (Wildman–Crippen MR) is 67.3 cm³/mol. The SMILES string of the molecule is O=Cc1ccc(-c2cc(Cl)ccc2Cl)cc1. The molecule has 0 unspecified atom stereocenters. The Bertz CT molecular complexity index is 518. The molecule has 0 amide bonds. The van der Waals surface area contributed by atoms with E-state index in [-0.39, 0.29) is 0 Å². The van der Waals surface area contributed by atoms with E-state index < -0.39 is 0 Å². The summed E-state index contributed by atoms with van der Waals surface area (Å²) < 4.78 is 0. The predicted octanol–water partition coefficient (Wildman–Crippen LogP) is 4.47. The zero-order valence-corrected chi connectivity index (χ0v) is 9.79. The van der Waals surface area contributed by atoms with Crippen LogP contribution < -0.4 is 0 Å².